The number of carbonyl (C=O) groups is 1. The van der Waals surface area contributed by atoms with Crippen LogP contribution in [0.1, 0.15) is 22.0 Å². The van der Waals surface area contributed by atoms with Gasteiger partial charge in [0, 0.05) is 6.54 Å². The summed E-state index contributed by atoms with van der Waals surface area (Å²) < 4.78 is 46.2. The SMILES string of the molecule is COC(=O)c1ccccc1-n1ncc(NCC(O)c2ccc(OC(F)(F)F)cc2)c(Cl)c1=O. The van der Waals surface area contributed by atoms with Gasteiger partial charge in [-0.1, -0.05) is 35.9 Å². The molecule has 12 heteroatoms. The van der Waals surface area contributed by atoms with E-state index in [-0.39, 0.29) is 28.5 Å². The molecule has 0 saturated heterocycles. The van der Waals surface area contributed by atoms with Gasteiger partial charge in [-0.15, -0.1) is 13.2 Å². The normalized spacial score (nSPS) is 12.2. The van der Waals surface area contributed by atoms with E-state index in [0.717, 1.165) is 16.8 Å². The molecule has 0 spiro atoms. The summed E-state index contributed by atoms with van der Waals surface area (Å²) in [6.07, 6.45) is -4.71. The standard InChI is InChI=1S/C21H17ClF3N3O5/c1-32-20(31)14-4-2-3-5-16(14)28-19(30)18(22)15(10-27-28)26-11-17(29)12-6-8-13(9-7-12)33-21(23,24)25/h2-10,17,26,29H,11H2,1H3. The van der Waals surface area contributed by atoms with Crippen LogP contribution in [0.5, 0.6) is 5.75 Å². The molecular weight excluding hydrogens is 467 g/mol. The lowest BCUT2D eigenvalue weighted by molar-refractivity contribution is -0.274. The van der Waals surface area contributed by atoms with E-state index in [9.17, 15) is 27.9 Å². The van der Waals surface area contributed by atoms with Gasteiger partial charge in [-0.3, -0.25) is 4.79 Å². The van der Waals surface area contributed by atoms with Gasteiger partial charge in [0.05, 0.1) is 36.3 Å². The van der Waals surface area contributed by atoms with Crippen LogP contribution < -0.4 is 15.6 Å². The zero-order chi connectivity index (χ0) is 24.2. The average molecular weight is 484 g/mol. The van der Waals surface area contributed by atoms with Crippen molar-refractivity contribution in [1.82, 2.24) is 9.78 Å². The highest BCUT2D eigenvalue weighted by atomic mass is 35.5. The number of aliphatic hydroxyl groups excluding tert-OH is 1. The first-order chi connectivity index (χ1) is 15.6. The van der Waals surface area contributed by atoms with E-state index in [0.29, 0.717) is 5.56 Å². The van der Waals surface area contributed by atoms with Gasteiger partial charge < -0.3 is 19.9 Å². The third kappa shape index (κ3) is 5.82. The summed E-state index contributed by atoms with van der Waals surface area (Å²) in [6, 6.07) is 10.9. The molecule has 33 heavy (non-hydrogen) atoms. The number of carbonyl (C=O) groups excluding carboxylic acids is 1. The quantitative estimate of drug-likeness (QED) is 0.494. The number of aliphatic hydroxyl groups is 1. The lowest BCUT2D eigenvalue weighted by Crippen LogP contribution is -2.25. The van der Waals surface area contributed by atoms with Crippen LogP contribution in [0.25, 0.3) is 5.69 Å². The molecule has 1 atom stereocenters. The van der Waals surface area contributed by atoms with Crippen molar-refractivity contribution in [2.75, 3.05) is 19.0 Å². The van der Waals surface area contributed by atoms with Crippen molar-refractivity contribution in [3.05, 3.63) is 81.2 Å². The van der Waals surface area contributed by atoms with Crippen molar-refractivity contribution in [2.45, 2.75) is 12.5 Å². The van der Waals surface area contributed by atoms with Gasteiger partial charge >= 0.3 is 12.3 Å². The first-order valence-corrected chi connectivity index (χ1v) is 9.71. The summed E-state index contributed by atoms with van der Waals surface area (Å²) in [4.78, 5) is 24.7. The van der Waals surface area contributed by atoms with Crippen molar-refractivity contribution in [3.63, 3.8) is 0 Å². The Morgan fingerprint density at radius 1 is 1.21 bits per heavy atom. The zero-order valence-corrected chi connectivity index (χ0v) is 17.7. The second-order valence-electron chi connectivity index (χ2n) is 6.61. The van der Waals surface area contributed by atoms with E-state index in [1.807, 2.05) is 0 Å². The van der Waals surface area contributed by atoms with E-state index in [1.165, 1.54) is 37.6 Å². The van der Waals surface area contributed by atoms with Gasteiger partial charge in [-0.2, -0.15) is 9.78 Å². The van der Waals surface area contributed by atoms with Gasteiger partial charge in [0.25, 0.3) is 5.56 Å². The third-order valence-corrected chi connectivity index (χ3v) is 4.81. The number of esters is 1. The fourth-order valence-electron chi connectivity index (χ4n) is 2.88. The van der Waals surface area contributed by atoms with E-state index in [1.54, 1.807) is 12.1 Å². The van der Waals surface area contributed by atoms with Crippen LogP contribution in [0.2, 0.25) is 5.02 Å². The number of rotatable bonds is 7. The van der Waals surface area contributed by atoms with Crippen LogP contribution in [0.15, 0.2) is 59.5 Å². The Morgan fingerprint density at radius 3 is 2.52 bits per heavy atom. The van der Waals surface area contributed by atoms with E-state index < -0.39 is 29.7 Å². The Kier molecular flexibility index (Phi) is 7.24. The highest BCUT2D eigenvalue weighted by Crippen LogP contribution is 2.25. The number of hydrogen-bond donors (Lipinski definition) is 2. The fourth-order valence-corrected chi connectivity index (χ4v) is 3.08. The van der Waals surface area contributed by atoms with Crippen molar-refractivity contribution in [3.8, 4) is 11.4 Å². The summed E-state index contributed by atoms with van der Waals surface area (Å²) in [5.74, 6) is -1.08. The number of hydrogen-bond acceptors (Lipinski definition) is 7. The summed E-state index contributed by atoms with van der Waals surface area (Å²) in [7, 11) is 1.21. The molecule has 8 nitrogen and oxygen atoms in total. The topological polar surface area (TPSA) is 103 Å². The molecule has 0 aliphatic heterocycles. The largest absolute Gasteiger partial charge is 0.573 e. The Labute approximate surface area is 190 Å². The van der Waals surface area contributed by atoms with Gasteiger partial charge in [0.1, 0.15) is 10.8 Å². The zero-order valence-electron chi connectivity index (χ0n) is 17.0. The third-order valence-electron chi connectivity index (χ3n) is 4.44. The number of aromatic nitrogens is 2. The lowest BCUT2D eigenvalue weighted by Gasteiger charge is -2.16. The minimum absolute atomic E-state index is 0.111. The first kappa shape index (κ1) is 24.1. The van der Waals surface area contributed by atoms with E-state index >= 15 is 0 Å². The predicted octanol–water partition coefficient (Wildman–Crippen LogP) is 3.72. The van der Waals surface area contributed by atoms with Crippen molar-refractivity contribution < 1.29 is 32.5 Å². The van der Waals surface area contributed by atoms with Gasteiger partial charge in [0.15, 0.2) is 0 Å². The van der Waals surface area contributed by atoms with Crippen LogP contribution in [0, 0.1) is 0 Å². The Hall–Kier alpha value is -3.57. The number of anilines is 1. The number of nitrogens with one attached hydrogen (secondary N) is 1. The number of nitrogens with zero attached hydrogens (tertiary/aromatic N) is 2. The minimum atomic E-state index is -4.82. The average Bonchev–Trinajstić information content (AvgIpc) is 2.79. The minimum Gasteiger partial charge on any atom is -0.465 e. The number of methoxy groups -OCH3 is 1. The number of para-hydroxylation sites is 1. The molecule has 2 aromatic carbocycles. The Morgan fingerprint density at radius 2 is 1.88 bits per heavy atom. The smallest absolute Gasteiger partial charge is 0.465 e. The molecule has 174 valence electrons. The number of benzene rings is 2. The van der Waals surface area contributed by atoms with Gasteiger partial charge in [-0.25, -0.2) is 4.79 Å². The molecule has 0 aliphatic rings. The molecule has 0 bridgehead atoms. The number of ether oxygens (including phenoxy) is 2. The van der Waals surface area contributed by atoms with E-state index in [4.69, 9.17) is 16.3 Å². The number of alkyl halides is 3. The summed E-state index contributed by atoms with van der Waals surface area (Å²) in [5, 5.41) is 16.9. The van der Waals surface area contributed by atoms with Gasteiger partial charge in [-0.05, 0) is 29.8 Å². The molecule has 3 rings (SSSR count). The van der Waals surface area contributed by atoms with Crippen LogP contribution in [0.4, 0.5) is 18.9 Å². The highest BCUT2D eigenvalue weighted by Gasteiger charge is 2.31. The maximum atomic E-state index is 12.7. The molecular formula is C21H17ClF3N3O5. The monoisotopic (exact) mass is 483 g/mol. The maximum Gasteiger partial charge on any atom is 0.573 e. The van der Waals surface area contributed by atoms with Crippen molar-refractivity contribution in [2.24, 2.45) is 0 Å². The van der Waals surface area contributed by atoms with Crippen molar-refractivity contribution in [1.29, 1.82) is 0 Å². The first-order valence-electron chi connectivity index (χ1n) is 9.34. The Balaban J connectivity index is 1.75. The molecule has 1 aromatic heterocycles. The molecule has 0 amide bonds. The molecule has 2 N–H and O–H groups in total. The van der Waals surface area contributed by atoms with Crippen LogP contribution in [-0.4, -0.2) is 40.9 Å². The summed E-state index contributed by atoms with van der Waals surface area (Å²) in [5.41, 5.74) is -0.0177. The molecule has 1 unspecified atom stereocenters. The molecule has 1 heterocycles. The molecule has 0 aliphatic carbocycles. The second-order valence-corrected chi connectivity index (χ2v) is 6.99. The molecule has 0 radical (unpaired) electrons. The van der Waals surface area contributed by atoms with Crippen LogP contribution >= 0.6 is 11.6 Å². The van der Waals surface area contributed by atoms with E-state index in [2.05, 4.69) is 15.2 Å². The molecule has 0 saturated carbocycles. The Bertz CT molecular complexity index is 1200. The lowest BCUT2D eigenvalue weighted by atomic mass is 10.1. The van der Waals surface area contributed by atoms with Crippen LogP contribution in [0.3, 0.4) is 0 Å². The second kappa shape index (κ2) is 9.92. The fraction of sp³-hybridized carbons (Fsp3) is 0.190. The molecule has 3 aromatic rings. The number of halogens is 4. The highest BCUT2D eigenvalue weighted by molar-refractivity contribution is 6.33. The maximum absolute atomic E-state index is 12.7. The summed E-state index contributed by atoms with van der Waals surface area (Å²) in [6.45, 7) is -0.122. The predicted molar refractivity (Wildman–Crippen MR) is 113 cm³/mol. The van der Waals surface area contributed by atoms with Crippen LogP contribution in [-0.2, 0) is 4.74 Å². The summed E-state index contributed by atoms with van der Waals surface area (Å²) >= 11 is 6.17. The van der Waals surface area contributed by atoms with Gasteiger partial charge in [0.2, 0.25) is 0 Å². The molecule has 0 fully saturated rings. The van der Waals surface area contributed by atoms with Crippen molar-refractivity contribution >= 4 is 23.3 Å².